The SMILES string of the molecule is CC1CCN(S(=O)(=O)c2ccc3c(c2)N(CC(=O)NC(C)(C)C)C(=O)C[C@H](C)S3)CC1. The molecule has 0 spiro atoms. The quantitative estimate of drug-likeness (QED) is 0.735. The first-order valence-electron chi connectivity index (χ1n) is 10.8. The van der Waals surface area contributed by atoms with Crippen LogP contribution in [0.1, 0.15) is 53.9 Å². The Hall–Kier alpha value is -1.58. The third-order valence-electron chi connectivity index (χ3n) is 5.51. The predicted molar refractivity (Wildman–Crippen MR) is 124 cm³/mol. The van der Waals surface area contributed by atoms with Crippen molar-refractivity contribution in [3.8, 4) is 0 Å². The van der Waals surface area contributed by atoms with Crippen molar-refractivity contribution < 1.29 is 18.0 Å². The number of hydrogen-bond acceptors (Lipinski definition) is 5. The summed E-state index contributed by atoms with van der Waals surface area (Å²) in [5.74, 6) is 0.0691. The molecule has 2 aliphatic rings. The van der Waals surface area contributed by atoms with Gasteiger partial charge in [0.05, 0.1) is 10.6 Å². The number of carbonyl (C=O) groups is 2. The van der Waals surface area contributed by atoms with Gasteiger partial charge in [0, 0.05) is 35.2 Å². The van der Waals surface area contributed by atoms with Gasteiger partial charge in [-0.05, 0) is 57.7 Å². The van der Waals surface area contributed by atoms with E-state index in [0.717, 1.165) is 17.7 Å². The van der Waals surface area contributed by atoms with Crippen molar-refractivity contribution >= 4 is 39.3 Å². The Morgan fingerprint density at radius 3 is 2.45 bits per heavy atom. The highest BCUT2D eigenvalue weighted by Crippen LogP contribution is 2.39. The van der Waals surface area contributed by atoms with Crippen LogP contribution in [0, 0.1) is 5.92 Å². The van der Waals surface area contributed by atoms with E-state index in [1.165, 1.54) is 21.0 Å². The van der Waals surface area contributed by atoms with Crippen molar-refractivity contribution in [2.75, 3.05) is 24.5 Å². The molecule has 0 saturated carbocycles. The Labute approximate surface area is 190 Å². The van der Waals surface area contributed by atoms with Crippen molar-refractivity contribution in [1.82, 2.24) is 9.62 Å². The molecule has 172 valence electrons. The van der Waals surface area contributed by atoms with Crippen LogP contribution in [0.15, 0.2) is 28.0 Å². The van der Waals surface area contributed by atoms with Gasteiger partial charge in [0.2, 0.25) is 21.8 Å². The highest BCUT2D eigenvalue weighted by atomic mass is 32.2. The van der Waals surface area contributed by atoms with Gasteiger partial charge < -0.3 is 10.2 Å². The maximum absolute atomic E-state index is 13.3. The van der Waals surface area contributed by atoms with Crippen LogP contribution >= 0.6 is 11.8 Å². The van der Waals surface area contributed by atoms with E-state index >= 15 is 0 Å². The van der Waals surface area contributed by atoms with E-state index in [9.17, 15) is 18.0 Å². The van der Waals surface area contributed by atoms with Crippen molar-refractivity contribution in [1.29, 1.82) is 0 Å². The first-order chi connectivity index (χ1) is 14.4. The summed E-state index contributed by atoms with van der Waals surface area (Å²) in [5, 5.41) is 2.92. The third-order valence-corrected chi connectivity index (χ3v) is 8.57. The first kappa shape index (κ1) is 24.1. The number of rotatable bonds is 4. The normalized spacial score (nSPS) is 21.5. The second-order valence-electron chi connectivity index (χ2n) is 9.63. The molecule has 9 heteroatoms. The average Bonchev–Trinajstić information content (AvgIpc) is 2.76. The minimum atomic E-state index is -3.66. The summed E-state index contributed by atoms with van der Waals surface area (Å²) >= 11 is 1.53. The molecule has 1 N–H and O–H groups in total. The van der Waals surface area contributed by atoms with E-state index in [1.807, 2.05) is 27.7 Å². The van der Waals surface area contributed by atoms with Crippen LogP contribution in [-0.2, 0) is 19.6 Å². The minimum Gasteiger partial charge on any atom is -0.350 e. The second-order valence-corrected chi connectivity index (χ2v) is 13.0. The summed E-state index contributed by atoms with van der Waals surface area (Å²) in [5.41, 5.74) is 0.0721. The molecule has 1 aromatic rings. The standard InChI is InChI=1S/C22H33N3O4S2/c1-15-8-10-24(11-9-15)31(28,29)17-6-7-19-18(13-17)25(21(27)12-16(2)30-19)14-20(26)23-22(3,4)5/h6-7,13,15-16H,8-12,14H2,1-5H3,(H,23,26)/t16-/m0/s1. The van der Waals surface area contributed by atoms with Crippen molar-refractivity contribution in [3.63, 3.8) is 0 Å². The zero-order valence-corrected chi connectivity index (χ0v) is 20.6. The Morgan fingerprint density at radius 2 is 1.84 bits per heavy atom. The van der Waals surface area contributed by atoms with Gasteiger partial charge in [-0.2, -0.15) is 4.31 Å². The maximum Gasteiger partial charge on any atom is 0.243 e. The summed E-state index contributed by atoms with van der Waals surface area (Å²) in [6.45, 7) is 10.6. The van der Waals surface area contributed by atoms with Crippen molar-refractivity contribution in [2.24, 2.45) is 5.92 Å². The van der Waals surface area contributed by atoms with Gasteiger partial charge >= 0.3 is 0 Å². The number of fused-ring (bicyclic) bond motifs is 1. The summed E-state index contributed by atoms with van der Waals surface area (Å²) < 4.78 is 28.1. The fraction of sp³-hybridized carbons (Fsp3) is 0.636. The highest BCUT2D eigenvalue weighted by molar-refractivity contribution is 8.00. The lowest BCUT2D eigenvalue weighted by Crippen LogP contribution is -2.47. The molecule has 0 aliphatic carbocycles. The molecule has 2 heterocycles. The first-order valence-corrected chi connectivity index (χ1v) is 13.1. The molecule has 2 aliphatic heterocycles. The molecule has 1 atom stereocenters. The van der Waals surface area contributed by atoms with Crippen LogP contribution in [0.2, 0.25) is 0 Å². The van der Waals surface area contributed by atoms with E-state index < -0.39 is 15.6 Å². The molecule has 1 aromatic carbocycles. The molecule has 31 heavy (non-hydrogen) atoms. The van der Waals surface area contributed by atoms with E-state index in [1.54, 1.807) is 18.2 Å². The van der Waals surface area contributed by atoms with Crippen molar-refractivity contribution in [2.45, 2.75) is 74.5 Å². The number of carbonyl (C=O) groups excluding carboxylic acids is 2. The lowest BCUT2D eigenvalue weighted by atomic mass is 10.0. The van der Waals surface area contributed by atoms with Gasteiger partial charge in [-0.3, -0.25) is 9.59 Å². The number of benzene rings is 1. The topological polar surface area (TPSA) is 86.8 Å². The molecule has 2 amide bonds. The molecular formula is C22H33N3O4S2. The third kappa shape index (κ3) is 5.81. The van der Waals surface area contributed by atoms with Gasteiger partial charge in [-0.15, -0.1) is 11.8 Å². The number of anilines is 1. The van der Waals surface area contributed by atoms with E-state index in [0.29, 0.717) is 24.7 Å². The van der Waals surface area contributed by atoms with Gasteiger partial charge in [0.25, 0.3) is 0 Å². The lowest BCUT2D eigenvalue weighted by Gasteiger charge is -2.30. The molecule has 1 saturated heterocycles. The number of hydrogen-bond donors (Lipinski definition) is 1. The summed E-state index contributed by atoms with van der Waals surface area (Å²) in [6, 6.07) is 4.95. The fourth-order valence-corrected chi connectivity index (χ4v) is 6.45. The molecular weight excluding hydrogens is 434 g/mol. The number of piperidine rings is 1. The van der Waals surface area contributed by atoms with Gasteiger partial charge in [-0.25, -0.2) is 8.42 Å². The Balaban J connectivity index is 1.96. The van der Waals surface area contributed by atoms with Gasteiger partial charge in [0.15, 0.2) is 0 Å². The van der Waals surface area contributed by atoms with E-state index in [-0.39, 0.29) is 34.9 Å². The zero-order valence-electron chi connectivity index (χ0n) is 19.0. The molecule has 0 aromatic heterocycles. The van der Waals surface area contributed by atoms with E-state index in [4.69, 9.17) is 0 Å². The zero-order chi connectivity index (χ0) is 23.0. The average molecular weight is 468 g/mol. The Bertz CT molecular complexity index is 948. The van der Waals surface area contributed by atoms with Crippen LogP contribution in [-0.4, -0.2) is 55.0 Å². The smallest absolute Gasteiger partial charge is 0.243 e. The Kier molecular flexibility index (Phi) is 7.08. The van der Waals surface area contributed by atoms with Crippen LogP contribution in [0.3, 0.4) is 0 Å². The van der Waals surface area contributed by atoms with Gasteiger partial charge in [-0.1, -0.05) is 13.8 Å². The summed E-state index contributed by atoms with van der Waals surface area (Å²) in [4.78, 5) is 28.0. The summed E-state index contributed by atoms with van der Waals surface area (Å²) in [7, 11) is -3.66. The fourth-order valence-electron chi connectivity index (χ4n) is 3.87. The van der Waals surface area contributed by atoms with Crippen LogP contribution in [0.5, 0.6) is 0 Å². The van der Waals surface area contributed by atoms with Gasteiger partial charge in [0.1, 0.15) is 6.54 Å². The molecule has 0 bridgehead atoms. The minimum absolute atomic E-state index is 0.0352. The maximum atomic E-state index is 13.3. The van der Waals surface area contributed by atoms with Crippen LogP contribution < -0.4 is 10.2 Å². The largest absolute Gasteiger partial charge is 0.350 e. The summed E-state index contributed by atoms with van der Waals surface area (Å²) in [6.07, 6.45) is 1.97. The van der Waals surface area contributed by atoms with Crippen molar-refractivity contribution in [3.05, 3.63) is 18.2 Å². The number of thioether (sulfide) groups is 1. The lowest BCUT2D eigenvalue weighted by molar-refractivity contribution is -0.124. The number of nitrogens with one attached hydrogen (secondary N) is 1. The highest BCUT2D eigenvalue weighted by Gasteiger charge is 2.32. The molecule has 0 unspecified atom stereocenters. The van der Waals surface area contributed by atoms with E-state index in [2.05, 4.69) is 12.2 Å². The molecule has 1 fully saturated rings. The Morgan fingerprint density at radius 1 is 1.19 bits per heavy atom. The number of sulfonamides is 1. The van der Waals surface area contributed by atoms with Crippen LogP contribution in [0.4, 0.5) is 5.69 Å². The second kappa shape index (κ2) is 9.11. The molecule has 7 nitrogen and oxygen atoms in total. The molecule has 0 radical (unpaired) electrons. The van der Waals surface area contributed by atoms with Crippen LogP contribution in [0.25, 0.3) is 0 Å². The monoisotopic (exact) mass is 467 g/mol. The number of amides is 2. The number of nitrogens with zero attached hydrogens (tertiary/aromatic N) is 2. The molecule has 3 rings (SSSR count). The predicted octanol–water partition coefficient (Wildman–Crippen LogP) is 3.24.